The van der Waals surface area contributed by atoms with E-state index in [1.807, 2.05) is 49.6 Å². The van der Waals surface area contributed by atoms with E-state index in [9.17, 15) is 4.79 Å². The van der Waals surface area contributed by atoms with Crippen LogP contribution in [0.25, 0.3) is 11.0 Å². The fraction of sp³-hybridized carbons (Fsp3) is 0.292. The van der Waals surface area contributed by atoms with Crippen molar-refractivity contribution in [3.63, 3.8) is 0 Å². The van der Waals surface area contributed by atoms with Crippen LogP contribution in [0.5, 0.6) is 0 Å². The number of benzene rings is 1. The maximum Gasteiger partial charge on any atom is 0.328 e. The molecule has 1 fully saturated rings. The topological polar surface area (TPSA) is 77.2 Å². The Bertz CT molecular complexity index is 1280. The Kier molecular flexibility index (Phi) is 5.46. The maximum atomic E-state index is 12.2. The highest BCUT2D eigenvalue weighted by atomic mass is 16.5. The second kappa shape index (κ2) is 8.57. The molecule has 0 radical (unpaired) electrons. The smallest absolute Gasteiger partial charge is 0.328 e. The number of nitrogens with one attached hydrogen (secondary N) is 1. The molecule has 3 aromatic heterocycles. The number of anilines is 2. The van der Waals surface area contributed by atoms with Crippen LogP contribution in [0.4, 0.5) is 11.5 Å². The van der Waals surface area contributed by atoms with Gasteiger partial charge in [0.1, 0.15) is 11.9 Å². The van der Waals surface area contributed by atoms with Crippen molar-refractivity contribution in [3.05, 3.63) is 82.7 Å². The SMILES string of the molecule is Cn1c(=O)n(C)c2cc(CN3CCOC(c4ccc(Nc5ccccn5)cn4)C3)ccc21. The average molecular weight is 431 g/mol. The van der Waals surface area contributed by atoms with Gasteiger partial charge in [-0.25, -0.2) is 9.78 Å². The van der Waals surface area contributed by atoms with Crippen molar-refractivity contribution < 1.29 is 4.74 Å². The summed E-state index contributed by atoms with van der Waals surface area (Å²) in [5.41, 5.74) is 4.89. The lowest BCUT2D eigenvalue weighted by atomic mass is 10.1. The first-order chi connectivity index (χ1) is 15.6. The van der Waals surface area contributed by atoms with Crippen molar-refractivity contribution in [2.75, 3.05) is 25.0 Å². The van der Waals surface area contributed by atoms with E-state index >= 15 is 0 Å². The fourth-order valence-electron chi connectivity index (χ4n) is 4.19. The van der Waals surface area contributed by atoms with Crippen LogP contribution in [0.1, 0.15) is 17.4 Å². The van der Waals surface area contributed by atoms with Crippen LogP contribution in [-0.2, 0) is 25.4 Å². The molecule has 4 heterocycles. The molecule has 1 atom stereocenters. The molecule has 8 heteroatoms. The van der Waals surface area contributed by atoms with Crippen molar-refractivity contribution in [3.8, 4) is 0 Å². The van der Waals surface area contributed by atoms with Gasteiger partial charge in [-0.15, -0.1) is 0 Å². The Morgan fingerprint density at radius 2 is 1.94 bits per heavy atom. The molecule has 0 amide bonds. The van der Waals surface area contributed by atoms with Crippen LogP contribution < -0.4 is 11.0 Å². The van der Waals surface area contributed by atoms with Crippen molar-refractivity contribution in [2.24, 2.45) is 14.1 Å². The van der Waals surface area contributed by atoms with Gasteiger partial charge in [0.2, 0.25) is 0 Å². The fourth-order valence-corrected chi connectivity index (χ4v) is 4.19. The van der Waals surface area contributed by atoms with Crippen LogP contribution in [0.2, 0.25) is 0 Å². The molecule has 0 bridgehead atoms. The molecule has 1 aliphatic rings. The van der Waals surface area contributed by atoms with Crippen molar-refractivity contribution >= 4 is 22.5 Å². The van der Waals surface area contributed by atoms with Gasteiger partial charge >= 0.3 is 5.69 Å². The van der Waals surface area contributed by atoms with Gasteiger partial charge in [-0.1, -0.05) is 12.1 Å². The standard InChI is InChI=1S/C24H26N6O2/c1-28-20-9-6-17(13-21(20)29(2)24(28)31)15-30-11-12-32-22(16-30)19-8-7-18(14-26-19)27-23-5-3-4-10-25-23/h3-10,13-14,22H,11-12,15-16H2,1-2H3,(H,25,27). The summed E-state index contributed by atoms with van der Waals surface area (Å²) in [5, 5.41) is 3.25. The maximum absolute atomic E-state index is 12.2. The molecular weight excluding hydrogens is 404 g/mol. The summed E-state index contributed by atoms with van der Waals surface area (Å²) in [4.78, 5) is 23.5. The van der Waals surface area contributed by atoms with Crippen LogP contribution in [-0.4, -0.2) is 43.7 Å². The summed E-state index contributed by atoms with van der Waals surface area (Å²) in [6.45, 7) is 3.10. The number of ether oxygens (including phenoxy) is 1. The zero-order valence-corrected chi connectivity index (χ0v) is 18.2. The Morgan fingerprint density at radius 3 is 2.72 bits per heavy atom. The summed E-state index contributed by atoms with van der Waals surface area (Å²) in [6, 6.07) is 16.0. The minimum Gasteiger partial charge on any atom is -0.369 e. The predicted molar refractivity (Wildman–Crippen MR) is 124 cm³/mol. The predicted octanol–water partition coefficient (Wildman–Crippen LogP) is 2.98. The number of aryl methyl sites for hydroxylation is 2. The van der Waals surface area contributed by atoms with Crippen LogP contribution >= 0.6 is 0 Å². The number of nitrogens with zero attached hydrogens (tertiary/aromatic N) is 5. The number of morpholine rings is 1. The summed E-state index contributed by atoms with van der Waals surface area (Å²) in [6.07, 6.45) is 3.50. The normalized spacial score (nSPS) is 17.0. The Morgan fingerprint density at radius 1 is 1.06 bits per heavy atom. The first-order valence-corrected chi connectivity index (χ1v) is 10.7. The second-order valence-corrected chi connectivity index (χ2v) is 8.13. The number of aromatic nitrogens is 4. The molecule has 1 N–H and O–H groups in total. The highest BCUT2D eigenvalue weighted by Crippen LogP contribution is 2.24. The Hall–Kier alpha value is -3.49. The molecule has 32 heavy (non-hydrogen) atoms. The third-order valence-corrected chi connectivity index (χ3v) is 5.95. The first-order valence-electron chi connectivity index (χ1n) is 10.7. The number of imidazole rings is 1. The van der Waals surface area contributed by atoms with E-state index in [1.54, 1.807) is 22.4 Å². The molecule has 0 aliphatic carbocycles. The van der Waals surface area contributed by atoms with E-state index in [1.165, 1.54) is 5.56 Å². The zero-order valence-electron chi connectivity index (χ0n) is 18.2. The number of hydrogen-bond donors (Lipinski definition) is 1. The highest BCUT2D eigenvalue weighted by molar-refractivity contribution is 5.76. The van der Waals surface area contributed by atoms with E-state index in [4.69, 9.17) is 4.74 Å². The number of fused-ring (bicyclic) bond motifs is 1. The van der Waals surface area contributed by atoms with Gasteiger partial charge in [-0.05, 0) is 42.0 Å². The number of hydrogen-bond acceptors (Lipinski definition) is 6. The zero-order chi connectivity index (χ0) is 22.1. The summed E-state index contributed by atoms with van der Waals surface area (Å²) >= 11 is 0. The van der Waals surface area contributed by atoms with Crippen LogP contribution in [0.3, 0.4) is 0 Å². The van der Waals surface area contributed by atoms with Gasteiger partial charge in [0.15, 0.2) is 0 Å². The van der Waals surface area contributed by atoms with E-state index in [-0.39, 0.29) is 11.8 Å². The van der Waals surface area contributed by atoms with E-state index in [2.05, 4.69) is 32.3 Å². The molecule has 0 saturated carbocycles. The molecular formula is C24H26N6O2. The summed E-state index contributed by atoms with van der Waals surface area (Å²) in [5.74, 6) is 0.787. The van der Waals surface area contributed by atoms with Gasteiger partial charge in [0.05, 0.1) is 35.2 Å². The quantitative estimate of drug-likeness (QED) is 0.525. The van der Waals surface area contributed by atoms with Crippen molar-refractivity contribution in [2.45, 2.75) is 12.6 Å². The molecule has 1 unspecified atom stereocenters. The lowest BCUT2D eigenvalue weighted by Crippen LogP contribution is -2.38. The highest BCUT2D eigenvalue weighted by Gasteiger charge is 2.23. The monoisotopic (exact) mass is 430 g/mol. The van der Waals surface area contributed by atoms with E-state index < -0.39 is 0 Å². The lowest BCUT2D eigenvalue weighted by molar-refractivity contribution is -0.0349. The van der Waals surface area contributed by atoms with E-state index in [0.717, 1.165) is 47.9 Å². The minimum atomic E-state index is -0.0718. The molecule has 164 valence electrons. The van der Waals surface area contributed by atoms with Gasteiger partial charge in [0, 0.05) is 39.9 Å². The second-order valence-electron chi connectivity index (χ2n) is 8.13. The molecule has 1 aliphatic heterocycles. The largest absolute Gasteiger partial charge is 0.369 e. The number of rotatable bonds is 5. The van der Waals surface area contributed by atoms with Gasteiger partial charge in [-0.2, -0.15) is 0 Å². The molecule has 0 spiro atoms. The summed E-state index contributed by atoms with van der Waals surface area (Å²) in [7, 11) is 3.62. The molecule has 8 nitrogen and oxygen atoms in total. The Labute approximate surface area is 186 Å². The van der Waals surface area contributed by atoms with Crippen LogP contribution in [0, 0.1) is 0 Å². The van der Waals surface area contributed by atoms with Gasteiger partial charge in [-0.3, -0.25) is 19.0 Å². The van der Waals surface area contributed by atoms with Crippen molar-refractivity contribution in [1.82, 2.24) is 24.0 Å². The first kappa shape index (κ1) is 20.4. The molecule has 1 aromatic carbocycles. The number of pyridine rings is 2. The summed E-state index contributed by atoms with van der Waals surface area (Å²) < 4.78 is 9.40. The van der Waals surface area contributed by atoms with Crippen LogP contribution in [0.15, 0.2) is 65.7 Å². The van der Waals surface area contributed by atoms with Gasteiger partial charge < -0.3 is 10.1 Å². The average Bonchev–Trinajstić information content (AvgIpc) is 3.04. The minimum absolute atomic E-state index is 0.00403. The molecule has 4 aromatic rings. The van der Waals surface area contributed by atoms with Gasteiger partial charge in [0.25, 0.3) is 0 Å². The lowest BCUT2D eigenvalue weighted by Gasteiger charge is -2.32. The third-order valence-electron chi connectivity index (χ3n) is 5.95. The molecule has 1 saturated heterocycles. The third kappa shape index (κ3) is 4.02. The van der Waals surface area contributed by atoms with Crippen molar-refractivity contribution in [1.29, 1.82) is 0 Å². The molecule has 5 rings (SSSR count). The van der Waals surface area contributed by atoms with E-state index in [0.29, 0.717) is 6.61 Å². The Balaban J connectivity index is 1.27.